The zero-order chi connectivity index (χ0) is 20.6. The van der Waals surface area contributed by atoms with Crippen molar-refractivity contribution in [1.82, 2.24) is 0 Å². The lowest BCUT2D eigenvalue weighted by Crippen LogP contribution is -2.43. The fourth-order valence-corrected chi connectivity index (χ4v) is 3.41. The number of benzene rings is 2. The molecule has 0 aliphatic rings. The van der Waals surface area contributed by atoms with Crippen molar-refractivity contribution in [3.05, 3.63) is 71.8 Å². The second kappa shape index (κ2) is 10.1. The number of unbranched alkanes of at least 4 members (excludes halogenated alkanes) is 1. The van der Waals surface area contributed by atoms with Gasteiger partial charge in [0.25, 0.3) is 0 Å². The Labute approximate surface area is 167 Å². The van der Waals surface area contributed by atoms with Gasteiger partial charge in [0, 0.05) is 5.92 Å². The van der Waals surface area contributed by atoms with E-state index in [4.69, 9.17) is 9.47 Å². The molecule has 0 aliphatic heterocycles. The van der Waals surface area contributed by atoms with Gasteiger partial charge in [0.1, 0.15) is 11.7 Å². The number of hydrogen-bond donors (Lipinski definition) is 0. The summed E-state index contributed by atoms with van der Waals surface area (Å²) in [5, 5.41) is 0. The van der Waals surface area contributed by atoms with E-state index in [1.165, 1.54) is 0 Å². The fraction of sp³-hybridized carbons (Fsp3) is 0.417. The molecule has 2 aromatic rings. The van der Waals surface area contributed by atoms with Crippen LogP contribution in [-0.4, -0.2) is 23.6 Å². The zero-order valence-electron chi connectivity index (χ0n) is 17.2. The molecule has 4 heteroatoms. The Hall–Kier alpha value is -2.62. The average molecular weight is 383 g/mol. The summed E-state index contributed by atoms with van der Waals surface area (Å²) < 4.78 is 11.6. The molecule has 0 radical (unpaired) electrons. The average Bonchev–Trinajstić information content (AvgIpc) is 2.69. The summed E-state index contributed by atoms with van der Waals surface area (Å²) in [4.78, 5) is 25.0. The Morgan fingerprint density at radius 2 is 1.39 bits per heavy atom. The van der Waals surface area contributed by atoms with Crippen LogP contribution in [0.1, 0.15) is 67.7 Å². The predicted octanol–water partition coefficient (Wildman–Crippen LogP) is 5.67. The molecule has 150 valence electrons. The molecular weight excluding hydrogens is 352 g/mol. The van der Waals surface area contributed by atoms with Gasteiger partial charge in [-0.15, -0.1) is 0 Å². The number of rotatable bonds is 9. The third kappa shape index (κ3) is 5.95. The molecule has 2 atom stereocenters. The second-order valence-corrected chi connectivity index (χ2v) is 7.58. The highest BCUT2D eigenvalue weighted by Crippen LogP contribution is 2.32. The van der Waals surface area contributed by atoms with Crippen LogP contribution in [0.15, 0.2) is 60.7 Å². The van der Waals surface area contributed by atoms with Crippen molar-refractivity contribution < 1.29 is 19.1 Å². The van der Waals surface area contributed by atoms with E-state index < -0.39 is 11.7 Å². The molecule has 0 bridgehead atoms. The summed E-state index contributed by atoms with van der Waals surface area (Å²) in [6, 6.07) is 17.9. The van der Waals surface area contributed by atoms with E-state index in [1.54, 1.807) is 36.4 Å². The van der Waals surface area contributed by atoms with Crippen LogP contribution in [0.25, 0.3) is 0 Å². The molecule has 0 spiro atoms. The summed E-state index contributed by atoms with van der Waals surface area (Å²) in [6.07, 6.45) is 2.38. The fourth-order valence-electron chi connectivity index (χ4n) is 3.41. The van der Waals surface area contributed by atoms with Gasteiger partial charge in [-0.25, -0.2) is 9.59 Å². The Morgan fingerprint density at radius 3 is 1.89 bits per heavy atom. The van der Waals surface area contributed by atoms with Crippen molar-refractivity contribution >= 4 is 11.9 Å². The van der Waals surface area contributed by atoms with Crippen molar-refractivity contribution in [2.24, 2.45) is 5.92 Å². The number of carbonyl (C=O) groups excluding carboxylic acids is 2. The highest BCUT2D eigenvalue weighted by molar-refractivity contribution is 5.90. The first-order valence-electron chi connectivity index (χ1n) is 9.89. The molecule has 2 unspecified atom stereocenters. The molecule has 0 amide bonds. The van der Waals surface area contributed by atoms with Gasteiger partial charge in [0.15, 0.2) is 0 Å². The van der Waals surface area contributed by atoms with Crippen LogP contribution in [0.2, 0.25) is 0 Å². The highest BCUT2D eigenvalue weighted by Gasteiger charge is 2.38. The van der Waals surface area contributed by atoms with Gasteiger partial charge in [-0.3, -0.25) is 0 Å². The molecule has 0 fully saturated rings. The van der Waals surface area contributed by atoms with E-state index in [9.17, 15) is 9.59 Å². The molecule has 0 aliphatic carbocycles. The van der Waals surface area contributed by atoms with Crippen LogP contribution in [0, 0.1) is 5.92 Å². The maximum Gasteiger partial charge on any atom is 0.338 e. The second-order valence-electron chi connectivity index (χ2n) is 7.58. The molecule has 2 aromatic carbocycles. The molecule has 0 heterocycles. The Balaban J connectivity index is 2.13. The van der Waals surface area contributed by atoms with E-state index in [1.807, 2.05) is 45.0 Å². The molecular formula is C24H30O4. The zero-order valence-corrected chi connectivity index (χ0v) is 17.2. The van der Waals surface area contributed by atoms with Gasteiger partial charge in [-0.2, -0.15) is 0 Å². The van der Waals surface area contributed by atoms with Crippen molar-refractivity contribution in [1.29, 1.82) is 0 Å². The first kappa shape index (κ1) is 21.7. The van der Waals surface area contributed by atoms with Gasteiger partial charge >= 0.3 is 11.9 Å². The van der Waals surface area contributed by atoms with E-state index in [0.717, 1.165) is 19.3 Å². The van der Waals surface area contributed by atoms with Crippen LogP contribution in [0.4, 0.5) is 0 Å². The van der Waals surface area contributed by atoms with Crippen molar-refractivity contribution in [2.45, 2.75) is 58.7 Å². The molecule has 0 saturated heterocycles. The van der Waals surface area contributed by atoms with Crippen molar-refractivity contribution in [3.63, 3.8) is 0 Å². The number of esters is 2. The summed E-state index contributed by atoms with van der Waals surface area (Å²) in [6.45, 7) is 7.77. The van der Waals surface area contributed by atoms with Gasteiger partial charge in [-0.05, 0) is 51.5 Å². The Morgan fingerprint density at radius 1 is 0.893 bits per heavy atom. The lowest BCUT2D eigenvalue weighted by atomic mass is 9.82. The van der Waals surface area contributed by atoms with E-state index in [-0.39, 0.29) is 17.9 Å². The van der Waals surface area contributed by atoms with Crippen LogP contribution < -0.4 is 0 Å². The highest BCUT2D eigenvalue weighted by atomic mass is 16.6. The van der Waals surface area contributed by atoms with Crippen LogP contribution >= 0.6 is 0 Å². The number of hydrogen-bond acceptors (Lipinski definition) is 4. The normalized spacial score (nSPS) is 13.4. The third-order valence-corrected chi connectivity index (χ3v) is 5.00. The summed E-state index contributed by atoms with van der Waals surface area (Å²) in [5.74, 6) is -0.846. The predicted molar refractivity (Wildman–Crippen MR) is 110 cm³/mol. The topological polar surface area (TPSA) is 52.6 Å². The molecule has 0 saturated carbocycles. The monoisotopic (exact) mass is 382 g/mol. The summed E-state index contributed by atoms with van der Waals surface area (Å²) in [7, 11) is 0. The number of carbonyl (C=O) groups is 2. The van der Waals surface area contributed by atoms with Crippen molar-refractivity contribution in [2.75, 3.05) is 0 Å². The quantitative estimate of drug-likeness (QED) is 0.524. The molecule has 2 rings (SSSR count). The Bertz CT molecular complexity index is 753. The van der Waals surface area contributed by atoms with Gasteiger partial charge in [0.2, 0.25) is 0 Å². The maximum atomic E-state index is 12.6. The van der Waals surface area contributed by atoms with Crippen LogP contribution in [0.5, 0.6) is 0 Å². The Kier molecular flexibility index (Phi) is 7.80. The van der Waals surface area contributed by atoms with Gasteiger partial charge < -0.3 is 9.47 Å². The molecule has 0 N–H and O–H groups in total. The largest absolute Gasteiger partial charge is 0.459 e. The van der Waals surface area contributed by atoms with Gasteiger partial charge in [0.05, 0.1) is 11.1 Å². The standard InChI is InChI=1S/C24H30O4/c1-5-6-17-21(18(2)27-22(25)19-13-9-7-10-14-19)24(3,4)28-23(26)20-15-11-8-12-16-20/h7-16,18,21H,5-6,17H2,1-4H3. The summed E-state index contributed by atoms with van der Waals surface area (Å²) >= 11 is 0. The summed E-state index contributed by atoms with van der Waals surface area (Å²) in [5.41, 5.74) is 0.250. The molecule has 4 nitrogen and oxygen atoms in total. The first-order valence-corrected chi connectivity index (χ1v) is 9.89. The van der Waals surface area contributed by atoms with Crippen LogP contribution in [0.3, 0.4) is 0 Å². The SMILES string of the molecule is CCCCC(C(C)OC(=O)c1ccccc1)C(C)(C)OC(=O)c1ccccc1. The molecule has 0 aromatic heterocycles. The minimum atomic E-state index is -0.779. The van der Waals surface area contributed by atoms with Gasteiger partial charge in [-0.1, -0.05) is 56.2 Å². The maximum absolute atomic E-state index is 12.6. The minimum absolute atomic E-state index is 0.118. The smallest absolute Gasteiger partial charge is 0.338 e. The van der Waals surface area contributed by atoms with Crippen LogP contribution in [-0.2, 0) is 9.47 Å². The lowest BCUT2D eigenvalue weighted by molar-refractivity contribution is -0.0713. The molecule has 28 heavy (non-hydrogen) atoms. The van der Waals surface area contributed by atoms with E-state index in [0.29, 0.717) is 11.1 Å². The lowest BCUT2D eigenvalue weighted by Gasteiger charge is -2.37. The van der Waals surface area contributed by atoms with E-state index in [2.05, 4.69) is 6.92 Å². The van der Waals surface area contributed by atoms with Crippen molar-refractivity contribution in [3.8, 4) is 0 Å². The third-order valence-electron chi connectivity index (χ3n) is 5.00. The first-order chi connectivity index (χ1) is 13.3. The number of ether oxygens (including phenoxy) is 2. The minimum Gasteiger partial charge on any atom is -0.459 e. The van der Waals surface area contributed by atoms with E-state index >= 15 is 0 Å².